The van der Waals surface area contributed by atoms with Crippen LogP contribution in [0, 0.1) is 10.8 Å². The van der Waals surface area contributed by atoms with Crippen LogP contribution in [0.5, 0.6) is 0 Å². The van der Waals surface area contributed by atoms with E-state index in [0.717, 1.165) is 19.3 Å². The molecule has 2 fully saturated rings. The van der Waals surface area contributed by atoms with Crippen LogP contribution < -0.4 is 11.5 Å². The van der Waals surface area contributed by atoms with Crippen molar-refractivity contribution >= 4 is 12.2 Å². The van der Waals surface area contributed by atoms with Gasteiger partial charge >= 0.3 is 12.2 Å². The first kappa shape index (κ1) is 23.7. The Labute approximate surface area is 173 Å². The average molecular weight is 415 g/mol. The van der Waals surface area contributed by atoms with Crippen LogP contribution in [0.4, 0.5) is 9.59 Å². The van der Waals surface area contributed by atoms with Crippen molar-refractivity contribution in [1.82, 2.24) is 0 Å². The van der Waals surface area contributed by atoms with Crippen LogP contribution in [-0.4, -0.2) is 48.8 Å². The highest BCUT2D eigenvalue weighted by Crippen LogP contribution is 2.75. The van der Waals surface area contributed by atoms with Gasteiger partial charge in [-0.25, -0.2) is 9.59 Å². The predicted molar refractivity (Wildman–Crippen MR) is 108 cm³/mol. The fourth-order valence-electron chi connectivity index (χ4n) is 6.22. The molecule has 0 aromatic rings. The zero-order chi connectivity index (χ0) is 22.1. The Morgan fingerprint density at radius 2 is 1.41 bits per heavy atom. The molecule has 2 rings (SSSR count). The average Bonchev–Trinajstić information content (AvgIpc) is 3.05. The molecule has 2 aliphatic carbocycles. The molecule has 2 amide bonds. The van der Waals surface area contributed by atoms with Crippen LogP contribution in [0.2, 0.25) is 0 Å². The standard InChI is InChI=1S/C21H38N2O6/c1-7-11-26-14(3)19(6)18(5)9-10-20(13-18,28-16(22)24)21(19,29-17(23)25)15(4)27-12-8-2/h14-15H,7-13H2,1-6H3,(H2,22,24)(H2,23,25). The number of carbonyl (C=O) groups excluding carboxylic acids is 2. The van der Waals surface area contributed by atoms with Crippen molar-refractivity contribution in [2.24, 2.45) is 22.3 Å². The minimum atomic E-state index is -1.34. The first-order valence-corrected chi connectivity index (χ1v) is 10.7. The second-order valence-electron chi connectivity index (χ2n) is 9.04. The van der Waals surface area contributed by atoms with Crippen molar-refractivity contribution in [2.75, 3.05) is 13.2 Å². The number of nitrogens with two attached hydrogens (primary N) is 2. The third-order valence-electron chi connectivity index (χ3n) is 7.55. The van der Waals surface area contributed by atoms with Gasteiger partial charge in [-0.05, 0) is 51.4 Å². The van der Waals surface area contributed by atoms with Crippen LogP contribution >= 0.6 is 0 Å². The lowest BCUT2D eigenvalue weighted by Crippen LogP contribution is -2.73. The van der Waals surface area contributed by atoms with Gasteiger partial charge in [0, 0.05) is 18.6 Å². The maximum atomic E-state index is 12.2. The van der Waals surface area contributed by atoms with Crippen molar-refractivity contribution in [1.29, 1.82) is 0 Å². The summed E-state index contributed by atoms with van der Waals surface area (Å²) >= 11 is 0. The molecule has 2 saturated carbocycles. The largest absolute Gasteiger partial charge is 0.439 e. The first-order valence-electron chi connectivity index (χ1n) is 10.7. The molecule has 0 saturated heterocycles. The van der Waals surface area contributed by atoms with Crippen molar-refractivity contribution in [3.8, 4) is 0 Å². The summed E-state index contributed by atoms with van der Waals surface area (Å²) in [6.07, 6.45) is 0.688. The number of amides is 2. The molecule has 4 N–H and O–H groups in total. The van der Waals surface area contributed by atoms with Crippen LogP contribution in [-0.2, 0) is 18.9 Å². The van der Waals surface area contributed by atoms with Gasteiger partial charge in [-0.1, -0.05) is 27.7 Å². The summed E-state index contributed by atoms with van der Waals surface area (Å²) in [5.74, 6) is 0. The molecule has 29 heavy (non-hydrogen) atoms. The van der Waals surface area contributed by atoms with Gasteiger partial charge in [0.05, 0.1) is 12.2 Å². The van der Waals surface area contributed by atoms with Gasteiger partial charge in [-0.15, -0.1) is 0 Å². The summed E-state index contributed by atoms with van der Waals surface area (Å²) in [6.45, 7) is 13.1. The Hall–Kier alpha value is -1.54. The lowest BCUT2D eigenvalue weighted by atomic mass is 9.53. The fourth-order valence-corrected chi connectivity index (χ4v) is 6.22. The second kappa shape index (κ2) is 8.30. The molecule has 6 unspecified atom stereocenters. The molecular formula is C21H38N2O6. The lowest BCUT2D eigenvalue weighted by Gasteiger charge is -2.60. The topological polar surface area (TPSA) is 123 Å². The highest BCUT2D eigenvalue weighted by molar-refractivity contribution is 5.68. The Bertz CT molecular complexity index is 630. The molecule has 8 nitrogen and oxygen atoms in total. The summed E-state index contributed by atoms with van der Waals surface area (Å²) < 4.78 is 24.1. The molecule has 0 aliphatic heterocycles. The van der Waals surface area contributed by atoms with Crippen LogP contribution in [0.15, 0.2) is 0 Å². The Morgan fingerprint density at radius 1 is 0.897 bits per heavy atom. The molecule has 0 heterocycles. The number of rotatable bonds is 10. The van der Waals surface area contributed by atoms with Gasteiger partial charge in [0.1, 0.15) is 0 Å². The van der Waals surface area contributed by atoms with Crippen molar-refractivity contribution in [3.05, 3.63) is 0 Å². The van der Waals surface area contributed by atoms with Gasteiger partial charge in [0.15, 0.2) is 11.2 Å². The molecule has 0 aromatic heterocycles. The van der Waals surface area contributed by atoms with E-state index < -0.39 is 34.9 Å². The summed E-state index contributed by atoms with van der Waals surface area (Å²) in [5, 5.41) is 0. The molecule has 168 valence electrons. The number of fused-ring (bicyclic) bond motifs is 2. The van der Waals surface area contributed by atoms with E-state index in [1.165, 1.54) is 0 Å². The second-order valence-corrected chi connectivity index (χ2v) is 9.04. The zero-order valence-electron chi connectivity index (χ0n) is 18.7. The van der Waals surface area contributed by atoms with E-state index >= 15 is 0 Å². The van der Waals surface area contributed by atoms with Crippen LogP contribution in [0.1, 0.15) is 73.6 Å². The van der Waals surface area contributed by atoms with E-state index in [0.29, 0.717) is 26.1 Å². The summed E-state index contributed by atoms with van der Waals surface area (Å²) in [7, 11) is 0. The molecule has 2 bridgehead atoms. The smallest absolute Gasteiger partial charge is 0.405 e. The number of hydrogen-bond acceptors (Lipinski definition) is 6. The fraction of sp³-hybridized carbons (Fsp3) is 0.905. The normalized spacial score (nSPS) is 37.9. The van der Waals surface area contributed by atoms with Gasteiger partial charge in [-0.2, -0.15) is 0 Å². The highest BCUT2D eigenvalue weighted by Gasteiger charge is 2.84. The highest BCUT2D eigenvalue weighted by atomic mass is 16.6. The summed E-state index contributed by atoms with van der Waals surface area (Å²) in [6, 6.07) is 0. The van der Waals surface area contributed by atoms with Crippen molar-refractivity contribution in [2.45, 2.75) is 97.1 Å². The molecule has 0 aromatic carbocycles. The number of ether oxygens (including phenoxy) is 4. The molecule has 8 heteroatoms. The number of carbonyl (C=O) groups is 2. The monoisotopic (exact) mass is 414 g/mol. The Kier molecular flexibility index (Phi) is 6.79. The molecular weight excluding hydrogens is 376 g/mol. The van der Waals surface area contributed by atoms with Gasteiger partial charge < -0.3 is 30.4 Å². The number of primary amides is 2. The van der Waals surface area contributed by atoms with Gasteiger partial charge in [0.2, 0.25) is 0 Å². The van der Waals surface area contributed by atoms with Gasteiger partial charge in [0.25, 0.3) is 0 Å². The minimum absolute atomic E-state index is 0.307. The molecule has 6 atom stereocenters. The van der Waals surface area contributed by atoms with Gasteiger partial charge in [-0.3, -0.25) is 0 Å². The lowest BCUT2D eigenvalue weighted by molar-refractivity contribution is -0.276. The third kappa shape index (κ3) is 3.38. The van der Waals surface area contributed by atoms with E-state index in [9.17, 15) is 9.59 Å². The third-order valence-corrected chi connectivity index (χ3v) is 7.55. The molecule has 0 spiro atoms. The van der Waals surface area contributed by atoms with E-state index in [2.05, 4.69) is 6.92 Å². The van der Waals surface area contributed by atoms with E-state index in [4.69, 9.17) is 30.4 Å². The minimum Gasteiger partial charge on any atom is -0.439 e. The first-order chi connectivity index (χ1) is 13.5. The molecule has 2 aliphatic rings. The Morgan fingerprint density at radius 3 is 1.90 bits per heavy atom. The summed E-state index contributed by atoms with van der Waals surface area (Å²) in [5.41, 5.74) is 7.53. The zero-order valence-corrected chi connectivity index (χ0v) is 18.7. The maximum Gasteiger partial charge on any atom is 0.405 e. The van der Waals surface area contributed by atoms with Crippen LogP contribution in [0.3, 0.4) is 0 Å². The van der Waals surface area contributed by atoms with E-state index in [1.54, 1.807) is 0 Å². The predicted octanol–water partition coefficient (Wildman–Crippen LogP) is 3.49. The number of hydrogen-bond donors (Lipinski definition) is 2. The summed E-state index contributed by atoms with van der Waals surface area (Å²) in [4.78, 5) is 24.2. The van der Waals surface area contributed by atoms with Crippen LogP contribution in [0.25, 0.3) is 0 Å². The van der Waals surface area contributed by atoms with E-state index in [-0.39, 0.29) is 11.5 Å². The molecule has 0 radical (unpaired) electrons. The van der Waals surface area contributed by atoms with Crippen molar-refractivity contribution in [3.63, 3.8) is 0 Å². The SMILES string of the molecule is CCCOC(C)C1(C)C2(C)CCC(OC(N)=O)(C2)C1(OC(N)=O)C(C)OCCC. The van der Waals surface area contributed by atoms with Crippen molar-refractivity contribution < 1.29 is 28.5 Å². The van der Waals surface area contributed by atoms with E-state index in [1.807, 2.05) is 34.6 Å². The quantitative estimate of drug-likeness (QED) is 0.564. The maximum absolute atomic E-state index is 12.2. The Balaban J connectivity index is 2.72.